The minimum atomic E-state index is -0.575. The number of Topliss-reactive ketones (excluding diaryl/α,β-unsaturated/α-hetero) is 1. The van der Waals surface area contributed by atoms with Gasteiger partial charge in [-0.25, -0.2) is 0 Å². The van der Waals surface area contributed by atoms with E-state index in [0.29, 0.717) is 5.02 Å². The molecule has 0 fully saturated rings. The van der Waals surface area contributed by atoms with Gasteiger partial charge in [0, 0.05) is 22.7 Å². The molecule has 22 heavy (non-hydrogen) atoms. The van der Waals surface area contributed by atoms with Crippen molar-refractivity contribution >= 4 is 46.3 Å². The Hall–Kier alpha value is -1.82. The number of ketones is 1. The number of hydrogen-bond acceptors (Lipinski definition) is 4. The van der Waals surface area contributed by atoms with Gasteiger partial charge in [-0.3, -0.25) is 14.9 Å². The van der Waals surface area contributed by atoms with Crippen molar-refractivity contribution in [1.29, 1.82) is 0 Å². The summed E-state index contributed by atoms with van der Waals surface area (Å²) >= 11 is 17.6. The maximum atomic E-state index is 12.0. The van der Waals surface area contributed by atoms with Crippen LogP contribution in [0.15, 0.2) is 36.4 Å². The van der Waals surface area contributed by atoms with E-state index >= 15 is 0 Å². The molecule has 0 heterocycles. The summed E-state index contributed by atoms with van der Waals surface area (Å²) in [6.07, 6.45) is 0. The standard InChI is InChI=1S/C14H8Cl3NO4/c15-8-1-3-10(11(16)5-8)13(19)7-22-14-4-2-9(18(20)21)6-12(14)17/h1-6H,7H2. The number of ether oxygens (including phenoxy) is 1. The molecular weight excluding hydrogens is 353 g/mol. The monoisotopic (exact) mass is 359 g/mol. The van der Waals surface area contributed by atoms with Crippen LogP contribution in [0.1, 0.15) is 10.4 Å². The van der Waals surface area contributed by atoms with Crippen molar-refractivity contribution in [1.82, 2.24) is 0 Å². The molecule has 0 spiro atoms. The van der Waals surface area contributed by atoms with Crippen molar-refractivity contribution in [2.45, 2.75) is 0 Å². The Morgan fingerprint density at radius 3 is 2.41 bits per heavy atom. The summed E-state index contributed by atoms with van der Waals surface area (Å²) in [5, 5.41) is 11.3. The highest BCUT2D eigenvalue weighted by Gasteiger charge is 2.14. The average molecular weight is 361 g/mol. The summed E-state index contributed by atoms with van der Waals surface area (Å²) in [6.45, 7) is -0.307. The molecule has 0 aliphatic heterocycles. The van der Waals surface area contributed by atoms with Gasteiger partial charge in [0.1, 0.15) is 5.75 Å². The number of halogens is 3. The molecule has 0 radical (unpaired) electrons. The molecule has 2 aromatic rings. The van der Waals surface area contributed by atoms with Gasteiger partial charge < -0.3 is 4.74 Å². The second kappa shape index (κ2) is 6.96. The number of non-ortho nitro benzene ring substituents is 1. The molecule has 114 valence electrons. The van der Waals surface area contributed by atoms with E-state index in [1.165, 1.54) is 24.3 Å². The summed E-state index contributed by atoms with van der Waals surface area (Å²) in [7, 11) is 0. The van der Waals surface area contributed by atoms with Gasteiger partial charge >= 0.3 is 0 Å². The SMILES string of the molecule is O=C(COc1ccc([N+](=O)[O-])cc1Cl)c1ccc(Cl)cc1Cl. The first-order chi connectivity index (χ1) is 10.4. The van der Waals surface area contributed by atoms with Crippen LogP contribution in [0.4, 0.5) is 5.69 Å². The molecule has 0 aromatic heterocycles. The fourth-order valence-electron chi connectivity index (χ4n) is 1.66. The summed E-state index contributed by atoms with van der Waals surface area (Å²) in [4.78, 5) is 22.1. The third-order valence-corrected chi connectivity index (χ3v) is 3.56. The van der Waals surface area contributed by atoms with E-state index in [4.69, 9.17) is 39.5 Å². The van der Waals surface area contributed by atoms with Gasteiger partial charge in [-0.2, -0.15) is 0 Å². The molecule has 0 bridgehead atoms. The molecule has 8 heteroatoms. The maximum absolute atomic E-state index is 12.0. The third kappa shape index (κ3) is 3.88. The van der Waals surface area contributed by atoms with Gasteiger partial charge in [0.25, 0.3) is 5.69 Å². The minimum absolute atomic E-state index is 0.0456. The number of carbonyl (C=O) groups is 1. The van der Waals surface area contributed by atoms with Crippen LogP contribution in [0.2, 0.25) is 15.1 Å². The van der Waals surface area contributed by atoms with Gasteiger partial charge in [0.15, 0.2) is 6.61 Å². The predicted octanol–water partition coefficient (Wildman–Crippen LogP) is 4.82. The largest absolute Gasteiger partial charge is 0.484 e. The molecule has 0 aliphatic carbocycles. The first-order valence-electron chi connectivity index (χ1n) is 5.93. The summed E-state index contributed by atoms with van der Waals surface area (Å²) < 4.78 is 5.28. The van der Waals surface area contributed by atoms with E-state index < -0.39 is 4.92 Å². The van der Waals surface area contributed by atoms with Gasteiger partial charge in [0.05, 0.1) is 15.0 Å². The smallest absolute Gasteiger partial charge is 0.271 e. The van der Waals surface area contributed by atoms with Crippen LogP contribution in [-0.2, 0) is 0 Å². The van der Waals surface area contributed by atoms with E-state index in [1.54, 1.807) is 6.07 Å². The number of carbonyl (C=O) groups excluding carboxylic acids is 1. The van der Waals surface area contributed by atoms with Crippen molar-refractivity contribution < 1.29 is 14.5 Å². The first-order valence-corrected chi connectivity index (χ1v) is 7.07. The van der Waals surface area contributed by atoms with Gasteiger partial charge in [-0.05, 0) is 24.3 Å². The molecule has 0 unspecified atom stereocenters. The van der Waals surface area contributed by atoms with Gasteiger partial charge in [-0.15, -0.1) is 0 Å². The lowest BCUT2D eigenvalue weighted by molar-refractivity contribution is -0.384. The molecular formula is C14H8Cl3NO4. The quantitative estimate of drug-likeness (QED) is 0.435. The first kappa shape index (κ1) is 16.5. The molecule has 2 aromatic carbocycles. The normalized spacial score (nSPS) is 10.3. The molecule has 0 N–H and O–H groups in total. The zero-order valence-corrected chi connectivity index (χ0v) is 13.2. The number of benzene rings is 2. The van der Waals surface area contributed by atoms with Crippen molar-refractivity contribution in [2.75, 3.05) is 6.61 Å². The molecule has 0 atom stereocenters. The molecule has 0 saturated heterocycles. The fraction of sp³-hybridized carbons (Fsp3) is 0.0714. The van der Waals surface area contributed by atoms with Crippen molar-refractivity contribution in [3.8, 4) is 5.75 Å². The van der Waals surface area contributed by atoms with Gasteiger partial charge in [0.2, 0.25) is 5.78 Å². The van der Waals surface area contributed by atoms with E-state index in [9.17, 15) is 14.9 Å². The number of hydrogen-bond donors (Lipinski definition) is 0. The third-order valence-electron chi connectivity index (χ3n) is 2.72. The zero-order chi connectivity index (χ0) is 16.3. The predicted molar refractivity (Wildman–Crippen MR) is 84.4 cm³/mol. The van der Waals surface area contributed by atoms with Crippen LogP contribution < -0.4 is 4.74 Å². The van der Waals surface area contributed by atoms with Crippen molar-refractivity contribution in [3.05, 3.63) is 67.1 Å². The van der Waals surface area contributed by atoms with Gasteiger partial charge in [-0.1, -0.05) is 34.8 Å². The summed E-state index contributed by atoms with van der Waals surface area (Å²) in [5.41, 5.74) is 0.105. The molecule has 0 amide bonds. The number of nitro groups is 1. The Labute approximate surface area is 140 Å². The average Bonchev–Trinajstić information content (AvgIpc) is 2.45. The number of rotatable bonds is 5. The maximum Gasteiger partial charge on any atom is 0.271 e. The summed E-state index contributed by atoms with van der Waals surface area (Å²) in [6, 6.07) is 8.21. The lowest BCUT2D eigenvalue weighted by Gasteiger charge is -2.08. The lowest BCUT2D eigenvalue weighted by atomic mass is 10.1. The van der Waals surface area contributed by atoms with Crippen LogP contribution in [0.5, 0.6) is 5.75 Å². The second-order valence-corrected chi connectivity index (χ2v) is 5.46. The fourth-order valence-corrected chi connectivity index (χ4v) is 2.40. The van der Waals surface area contributed by atoms with Crippen LogP contribution in [0.3, 0.4) is 0 Å². The Morgan fingerprint density at radius 2 is 1.82 bits per heavy atom. The number of nitro benzene ring substituents is 1. The Bertz CT molecular complexity index is 749. The van der Waals surface area contributed by atoms with Crippen molar-refractivity contribution in [3.63, 3.8) is 0 Å². The zero-order valence-electron chi connectivity index (χ0n) is 10.9. The Kier molecular flexibility index (Phi) is 5.24. The van der Waals surface area contributed by atoms with E-state index in [2.05, 4.69) is 0 Å². The minimum Gasteiger partial charge on any atom is -0.484 e. The Morgan fingerprint density at radius 1 is 1.09 bits per heavy atom. The van der Waals surface area contributed by atoms with Crippen LogP contribution in [0, 0.1) is 10.1 Å². The Balaban J connectivity index is 2.09. The lowest BCUT2D eigenvalue weighted by Crippen LogP contribution is -2.12. The van der Waals surface area contributed by atoms with Crippen LogP contribution >= 0.6 is 34.8 Å². The highest BCUT2D eigenvalue weighted by atomic mass is 35.5. The molecule has 0 saturated carbocycles. The molecule has 5 nitrogen and oxygen atoms in total. The van der Waals surface area contributed by atoms with E-state index in [1.807, 2.05) is 0 Å². The van der Waals surface area contributed by atoms with E-state index in [0.717, 1.165) is 6.07 Å². The summed E-state index contributed by atoms with van der Waals surface area (Å²) in [5.74, 6) is -0.193. The van der Waals surface area contributed by atoms with E-state index in [-0.39, 0.29) is 39.4 Å². The number of nitrogens with zero attached hydrogens (tertiary/aromatic N) is 1. The van der Waals surface area contributed by atoms with Crippen LogP contribution in [0.25, 0.3) is 0 Å². The second-order valence-electron chi connectivity index (χ2n) is 4.21. The van der Waals surface area contributed by atoms with Crippen molar-refractivity contribution in [2.24, 2.45) is 0 Å². The molecule has 2 rings (SSSR count). The highest BCUT2D eigenvalue weighted by Crippen LogP contribution is 2.29. The topological polar surface area (TPSA) is 69.4 Å². The molecule has 0 aliphatic rings. The highest BCUT2D eigenvalue weighted by molar-refractivity contribution is 6.37. The van der Waals surface area contributed by atoms with Crippen LogP contribution in [-0.4, -0.2) is 17.3 Å².